The topological polar surface area (TPSA) is 55.3 Å². The van der Waals surface area contributed by atoms with Crippen LogP contribution in [0.2, 0.25) is 0 Å². The summed E-state index contributed by atoms with van der Waals surface area (Å²) < 4.78 is 5.69. The summed E-state index contributed by atoms with van der Waals surface area (Å²) in [5, 5.41) is 0. The van der Waals surface area contributed by atoms with Crippen LogP contribution in [0.4, 0.5) is 0 Å². The molecule has 126 valence electrons. The van der Waals surface area contributed by atoms with Crippen molar-refractivity contribution in [3.05, 3.63) is 60.2 Å². The summed E-state index contributed by atoms with van der Waals surface area (Å²) >= 11 is 0. The van der Waals surface area contributed by atoms with E-state index < -0.39 is 0 Å². The Bertz CT molecular complexity index is 628. The Balaban J connectivity index is 1.68. The minimum atomic E-state index is -0.302. The van der Waals surface area contributed by atoms with Crippen LogP contribution in [-0.4, -0.2) is 40.0 Å². The number of hydrogen-bond acceptors (Lipinski definition) is 4. The average Bonchev–Trinajstić information content (AvgIpc) is 2.67. The zero-order chi connectivity index (χ0) is 16.6. The van der Waals surface area contributed by atoms with Gasteiger partial charge in [-0.1, -0.05) is 6.07 Å². The van der Waals surface area contributed by atoms with Crippen molar-refractivity contribution in [3.8, 4) is 0 Å². The summed E-state index contributed by atoms with van der Waals surface area (Å²) in [6.07, 6.45) is 8.65. The Morgan fingerprint density at radius 1 is 1.17 bits per heavy atom. The van der Waals surface area contributed by atoms with Crippen molar-refractivity contribution >= 4 is 5.91 Å². The second kappa shape index (κ2) is 8.55. The van der Waals surface area contributed by atoms with E-state index in [4.69, 9.17) is 4.74 Å². The van der Waals surface area contributed by atoms with E-state index in [1.165, 1.54) is 0 Å². The lowest BCUT2D eigenvalue weighted by Crippen LogP contribution is -2.42. The van der Waals surface area contributed by atoms with Crippen LogP contribution < -0.4 is 0 Å². The molecule has 0 aromatic carbocycles. The molecule has 0 N–H and O–H groups in total. The molecule has 0 aliphatic carbocycles. The molecule has 1 saturated heterocycles. The van der Waals surface area contributed by atoms with Gasteiger partial charge in [-0.15, -0.1) is 0 Å². The molecule has 2 aromatic heterocycles. The minimum absolute atomic E-state index is 0.0856. The van der Waals surface area contributed by atoms with Crippen LogP contribution in [0.5, 0.6) is 0 Å². The largest absolute Gasteiger partial charge is 0.368 e. The van der Waals surface area contributed by atoms with Gasteiger partial charge in [0.15, 0.2) is 0 Å². The fourth-order valence-corrected chi connectivity index (χ4v) is 2.91. The molecule has 5 heteroatoms. The van der Waals surface area contributed by atoms with Crippen LogP contribution >= 0.6 is 0 Å². The molecule has 2 aromatic rings. The quantitative estimate of drug-likeness (QED) is 0.819. The van der Waals surface area contributed by atoms with Gasteiger partial charge in [0, 0.05) is 50.4 Å². The lowest BCUT2D eigenvalue weighted by Gasteiger charge is -2.29. The first kappa shape index (κ1) is 16.6. The summed E-state index contributed by atoms with van der Waals surface area (Å²) in [7, 11) is 0. The lowest BCUT2D eigenvalue weighted by atomic mass is 10.1. The number of carbonyl (C=O) groups is 1. The normalized spacial score (nSPS) is 17.4. The van der Waals surface area contributed by atoms with E-state index in [2.05, 4.69) is 9.97 Å². The number of hydrogen-bond donors (Lipinski definition) is 0. The molecule has 3 heterocycles. The van der Waals surface area contributed by atoms with Gasteiger partial charge in [0.05, 0.1) is 0 Å². The van der Waals surface area contributed by atoms with Crippen molar-refractivity contribution in [2.75, 3.05) is 13.2 Å². The molecule has 5 nitrogen and oxygen atoms in total. The number of rotatable bonds is 6. The Hall–Kier alpha value is -2.27. The highest BCUT2D eigenvalue weighted by Gasteiger charge is 2.26. The van der Waals surface area contributed by atoms with E-state index in [1.807, 2.05) is 35.2 Å². The van der Waals surface area contributed by atoms with E-state index in [0.717, 1.165) is 36.9 Å². The van der Waals surface area contributed by atoms with Gasteiger partial charge >= 0.3 is 0 Å². The summed E-state index contributed by atoms with van der Waals surface area (Å²) in [6, 6.07) is 9.76. The first-order valence-corrected chi connectivity index (χ1v) is 8.52. The number of pyridine rings is 2. The first-order valence-electron chi connectivity index (χ1n) is 8.52. The molecule has 24 heavy (non-hydrogen) atoms. The summed E-state index contributed by atoms with van der Waals surface area (Å²) in [4.78, 5) is 23.2. The van der Waals surface area contributed by atoms with Crippen molar-refractivity contribution in [1.82, 2.24) is 14.9 Å². The van der Waals surface area contributed by atoms with Crippen LogP contribution in [-0.2, 0) is 22.5 Å². The van der Waals surface area contributed by atoms with Crippen molar-refractivity contribution in [1.29, 1.82) is 0 Å². The Morgan fingerprint density at radius 3 is 2.75 bits per heavy atom. The Kier molecular flexibility index (Phi) is 5.90. The summed E-state index contributed by atoms with van der Waals surface area (Å²) in [5.74, 6) is 0.0856. The molecule has 1 fully saturated rings. The van der Waals surface area contributed by atoms with Crippen LogP contribution in [0.3, 0.4) is 0 Å². The number of aromatic nitrogens is 2. The highest BCUT2D eigenvalue weighted by molar-refractivity contribution is 5.81. The van der Waals surface area contributed by atoms with Gasteiger partial charge in [0.25, 0.3) is 5.91 Å². The summed E-state index contributed by atoms with van der Waals surface area (Å²) in [6.45, 7) is 1.89. The zero-order valence-corrected chi connectivity index (χ0v) is 13.8. The number of ether oxygens (including phenoxy) is 1. The van der Waals surface area contributed by atoms with E-state index in [0.29, 0.717) is 19.7 Å². The zero-order valence-electron chi connectivity index (χ0n) is 13.8. The standard InChI is InChI=1S/C19H23N3O2/c23-19(18-6-2-4-14-24-18)22(15-16-7-11-20-12-8-16)13-9-17-5-1-3-10-21-17/h1,3,5,7-8,10-12,18H,2,4,6,9,13-15H2. The van der Waals surface area contributed by atoms with Gasteiger partial charge in [0.1, 0.15) is 6.10 Å². The molecule has 0 saturated carbocycles. The smallest absolute Gasteiger partial charge is 0.252 e. The maximum Gasteiger partial charge on any atom is 0.252 e. The van der Waals surface area contributed by atoms with Gasteiger partial charge < -0.3 is 9.64 Å². The maximum absolute atomic E-state index is 12.9. The molecule has 0 radical (unpaired) electrons. The predicted octanol–water partition coefficient (Wildman–Crippen LogP) is 2.62. The molecular formula is C19H23N3O2. The number of carbonyl (C=O) groups excluding carboxylic acids is 1. The highest BCUT2D eigenvalue weighted by Crippen LogP contribution is 2.17. The highest BCUT2D eigenvalue weighted by atomic mass is 16.5. The van der Waals surface area contributed by atoms with E-state index in [-0.39, 0.29) is 12.0 Å². The molecule has 1 atom stereocenters. The van der Waals surface area contributed by atoms with Gasteiger partial charge in [0.2, 0.25) is 0 Å². The second-order valence-corrected chi connectivity index (χ2v) is 6.04. The first-order chi connectivity index (χ1) is 11.8. The molecule has 3 rings (SSSR count). The second-order valence-electron chi connectivity index (χ2n) is 6.04. The van der Waals surface area contributed by atoms with Crippen molar-refractivity contribution in [3.63, 3.8) is 0 Å². The molecule has 1 unspecified atom stereocenters. The van der Waals surface area contributed by atoms with Gasteiger partial charge in [-0.2, -0.15) is 0 Å². The maximum atomic E-state index is 12.9. The molecule has 1 amide bonds. The monoisotopic (exact) mass is 325 g/mol. The summed E-state index contributed by atoms with van der Waals surface area (Å²) in [5.41, 5.74) is 2.07. The van der Waals surface area contributed by atoms with Gasteiger partial charge in [-0.05, 0) is 49.1 Å². The Labute approximate surface area is 142 Å². The molecule has 1 aliphatic heterocycles. The lowest BCUT2D eigenvalue weighted by molar-refractivity contribution is -0.147. The predicted molar refractivity (Wildman–Crippen MR) is 91.2 cm³/mol. The van der Waals surface area contributed by atoms with E-state index in [1.54, 1.807) is 18.6 Å². The van der Waals surface area contributed by atoms with Crippen molar-refractivity contribution in [2.24, 2.45) is 0 Å². The van der Waals surface area contributed by atoms with Crippen molar-refractivity contribution < 1.29 is 9.53 Å². The van der Waals surface area contributed by atoms with E-state index in [9.17, 15) is 4.79 Å². The SMILES string of the molecule is O=C(C1CCCCO1)N(CCc1ccccn1)Cc1ccncc1. The number of nitrogens with zero attached hydrogens (tertiary/aromatic N) is 3. The van der Waals surface area contributed by atoms with Gasteiger partial charge in [-0.3, -0.25) is 14.8 Å². The third-order valence-electron chi connectivity index (χ3n) is 4.25. The van der Waals surface area contributed by atoms with Crippen LogP contribution in [0.25, 0.3) is 0 Å². The molecule has 0 bridgehead atoms. The fourth-order valence-electron chi connectivity index (χ4n) is 2.91. The Morgan fingerprint density at radius 2 is 2.04 bits per heavy atom. The van der Waals surface area contributed by atoms with Crippen molar-refractivity contribution in [2.45, 2.75) is 38.3 Å². The third-order valence-corrected chi connectivity index (χ3v) is 4.25. The van der Waals surface area contributed by atoms with E-state index >= 15 is 0 Å². The van der Waals surface area contributed by atoms with Crippen LogP contribution in [0.1, 0.15) is 30.5 Å². The molecule has 1 aliphatic rings. The third kappa shape index (κ3) is 4.61. The molecular weight excluding hydrogens is 302 g/mol. The number of amides is 1. The van der Waals surface area contributed by atoms with Crippen LogP contribution in [0, 0.1) is 0 Å². The average molecular weight is 325 g/mol. The van der Waals surface area contributed by atoms with Crippen LogP contribution in [0.15, 0.2) is 48.9 Å². The molecule has 0 spiro atoms. The van der Waals surface area contributed by atoms with Gasteiger partial charge in [-0.25, -0.2) is 0 Å². The minimum Gasteiger partial charge on any atom is -0.368 e. The fraction of sp³-hybridized carbons (Fsp3) is 0.421.